The number of methoxy groups -OCH3 is 1. The topological polar surface area (TPSA) is 12.5 Å². The van der Waals surface area contributed by atoms with E-state index < -0.39 is 0 Å². The smallest absolute Gasteiger partial charge is 0.0825 e. The third-order valence-corrected chi connectivity index (χ3v) is 2.42. The molecule has 0 amide bonds. The van der Waals surface area contributed by atoms with Crippen LogP contribution in [0.15, 0.2) is 0 Å². The van der Waals surface area contributed by atoms with Crippen molar-refractivity contribution < 1.29 is 4.74 Å². The normalized spacial score (nSPS) is 24.3. The summed E-state index contributed by atoms with van der Waals surface area (Å²) in [6.45, 7) is 6.76. The fraction of sp³-hybridized carbons (Fsp3) is 1.00. The zero-order valence-electron chi connectivity index (χ0n) is 7.13. The Kier molecular flexibility index (Phi) is 2.69. The molecule has 1 atom stereocenters. The molecule has 0 aliphatic carbocycles. The second-order valence-corrected chi connectivity index (χ2v) is 3.07. The van der Waals surface area contributed by atoms with Gasteiger partial charge in [-0.25, -0.2) is 0 Å². The Hall–Kier alpha value is -0.0800. The fourth-order valence-electron chi connectivity index (χ4n) is 1.24. The first-order valence-electron chi connectivity index (χ1n) is 4.04. The highest BCUT2D eigenvalue weighted by Gasteiger charge is 2.28. The predicted octanol–water partition coefficient (Wildman–Crippen LogP) is 1.12. The Morgan fingerprint density at radius 3 is 2.60 bits per heavy atom. The van der Waals surface area contributed by atoms with Crippen molar-refractivity contribution >= 4 is 0 Å². The van der Waals surface area contributed by atoms with Crippen molar-refractivity contribution in [2.75, 3.05) is 20.2 Å². The van der Waals surface area contributed by atoms with E-state index in [0.717, 1.165) is 19.1 Å². The molecule has 10 heavy (non-hydrogen) atoms. The van der Waals surface area contributed by atoms with Crippen LogP contribution >= 0.6 is 0 Å². The van der Waals surface area contributed by atoms with Crippen LogP contribution in [0.1, 0.15) is 20.3 Å². The quantitative estimate of drug-likeness (QED) is 0.587. The van der Waals surface area contributed by atoms with E-state index >= 15 is 0 Å². The number of likely N-dealkylation sites (tertiary alicyclic amines) is 1. The van der Waals surface area contributed by atoms with Gasteiger partial charge in [0.2, 0.25) is 0 Å². The average molecular weight is 143 g/mol. The molecule has 0 saturated carbocycles. The molecular weight excluding hydrogens is 126 g/mol. The first-order chi connectivity index (χ1) is 4.77. The van der Waals surface area contributed by atoms with E-state index in [1.165, 1.54) is 6.42 Å². The first kappa shape index (κ1) is 8.02. The molecule has 2 heteroatoms. The molecule has 0 spiro atoms. The Morgan fingerprint density at radius 2 is 2.20 bits per heavy atom. The molecule has 0 N–H and O–H groups in total. The Labute approximate surface area is 63.2 Å². The zero-order valence-corrected chi connectivity index (χ0v) is 7.13. The van der Waals surface area contributed by atoms with Crippen molar-refractivity contribution in [2.24, 2.45) is 0 Å². The summed E-state index contributed by atoms with van der Waals surface area (Å²) in [4.78, 5) is 2.45. The van der Waals surface area contributed by atoms with E-state index in [1.807, 2.05) is 0 Å². The van der Waals surface area contributed by atoms with E-state index in [2.05, 4.69) is 18.7 Å². The summed E-state index contributed by atoms with van der Waals surface area (Å²) >= 11 is 0. The first-order valence-corrected chi connectivity index (χ1v) is 4.04. The number of hydrogen-bond acceptors (Lipinski definition) is 2. The minimum atomic E-state index is 0.508. The van der Waals surface area contributed by atoms with Crippen LogP contribution in [0.5, 0.6) is 0 Å². The van der Waals surface area contributed by atoms with Crippen molar-refractivity contribution in [3.8, 4) is 0 Å². The Balaban J connectivity index is 2.13. The molecule has 0 bridgehead atoms. The minimum Gasteiger partial charge on any atom is -0.379 e. The lowest BCUT2D eigenvalue weighted by molar-refractivity contribution is -0.0476. The summed E-state index contributed by atoms with van der Waals surface area (Å²) in [5.41, 5.74) is 0. The highest BCUT2D eigenvalue weighted by atomic mass is 16.5. The molecule has 0 radical (unpaired) electrons. The largest absolute Gasteiger partial charge is 0.379 e. The van der Waals surface area contributed by atoms with Crippen molar-refractivity contribution in [1.29, 1.82) is 0 Å². The molecule has 0 aromatic rings. The van der Waals surface area contributed by atoms with Crippen LogP contribution in [0.2, 0.25) is 0 Å². The van der Waals surface area contributed by atoms with Crippen LogP contribution in [-0.2, 0) is 4.74 Å². The summed E-state index contributed by atoms with van der Waals surface area (Å²) in [6, 6.07) is 0.742. The lowest BCUT2D eigenvalue weighted by Gasteiger charge is -2.41. The van der Waals surface area contributed by atoms with E-state index in [1.54, 1.807) is 7.11 Å². The van der Waals surface area contributed by atoms with Crippen LogP contribution < -0.4 is 0 Å². The van der Waals surface area contributed by atoms with Gasteiger partial charge < -0.3 is 4.74 Å². The average Bonchev–Trinajstić information content (AvgIpc) is 1.85. The van der Waals surface area contributed by atoms with Gasteiger partial charge in [-0.3, -0.25) is 4.90 Å². The van der Waals surface area contributed by atoms with Gasteiger partial charge >= 0.3 is 0 Å². The number of nitrogens with zero attached hydrogens (tertiary/aromatic N) is 1. The Morgan fingerprint density at radius 1 is 1.60 bits per heavy atom. The molecule has 1 aliphatic rings. The fourth-order valence-corrected chi connectivity index (χ4v) is 1.24. The van der Waals surface area contributed by atoms with Gasteiger partial charge in [0.1, 0.15) is 0 Å². The molecule has 1 rings (SSSR count). The highest BCUT2D eigenvalue weighted by molar-refractivity contribution is 4.83. The number of rotatable bonds is 3. The van der Waals surface area contributed by atoms with Gasteiger partial charge in [0.25, 0.3) is 0 Å². The summed E-state index contributed by atoms with van der Waals surface area (Å²) < 4.78 is 5.17. The second-order valence-electron chi connectivity index (χ2n) is 3.07. The summed E-state index contributed by atoms with van der Waals surface area (Å²) in [6.07, 6.45) is 1.75. The van der Waals surface area contributed by atoms with Gasteiger partial charge in [-0.2, -0.15) is 0 Å². The Bertz CT molecular complexity index is 99.4. The molecule has 1 saturated heterocycles. The van der Waals surface area contributed by atoms with Gasteiger partial charge in [0.15, 0.2) is 0 Å². The van der Waals surface area contributed by atoms with Gasteiger partial charge in [-0.1, -0.05) is 6.92 Å². The molecule has 1 fully saturated rings. The van der Waals surface area contributed by atoms with E-state index in [4.69, 9.17) is 4.74 Å². The molecule has 60 valence electrons. The maximum Gasteiger partial charge on any atom is 0.0825 e. The van der Waals surface area contributed by atoms with Crippen molar-refractivity contribution in [2.45, 2.75) is 32.4 Å². The zero-order chi connectivity index (χ0) is 7.56. The van der Waals surface area contributed by atoms with Gasteiger partial charge in [0.05, 0.1) is 6.10 Å². The lowest BCUT2D eigenvalue weighted by atomic mass is 10.1. The standard InChI is InChI=1S/C8H17NO/c1-4-7(2)9-5-8(6-9)10-3/h7-8H,4-6H2,1-3H3. The van der Waals surface area contributed by atoms with Crippen molar-refractivity contribution in [3.05, 3.63) is 0 Å². The van der Waals surface area contributed by atoms with Crippen LogP contribution in [0.3, 0.4) is 0 Å². The van der Waals surface area contributed by atoms with Crippen molar-refractivity contribution in [3.63, 3.8) is 0 Å². The number of ether oxygens (including phenoxy) is 1. The molecule has 2 nitrogen and oxygen atoms in total. The third-order valence-electron chi connectivity index (χ3n) is 2.42. The van der Waals surface area contributed by atoms with E-state index in [0.29, 0.717) is 6.10 Å². The van der Waals surface area contributed by atoms with Gasteiger partial charge in [-0.15, -0.1) is 0 Å². The predicted molar refractivity (Wildman–Crippen MR) is 42.1 cm³/mol. The number of hydrogen-bond donors (Lipinski definition) is 0. The highest BCUT2D eigenvalue weighted by Crippen LogP contribution is 2.15. The van der Waals surface area contributed by atoms with E-state index in [-0.39, 0.29) is 0 Å². The van der Waals surface area contributed by atoms with Crippen molar-refractivity contribution in [1.82, 2.24) is 4.90 Å². The summed E-state index contributed by atoms with van der Waals surface area (Å²) in [5.74, 6) is 0. The molecule has 1 aliphatic heterocycles. The molecule has 0 aromatic heterocycles. The summed E-state index contributed by atoms with van der Waals surface area (Å²) in [5, 5.41) is 0. The monoisotopic (exact) mass is 143 g/mol. The van der Waals surface area contributed by atoms with Gasteiger partial charge in [-0.05, 0) is 13.3 Å². The minimum absolute atomic E-state index is 0.508. The lowest BCUT2D eigenvalue weighted by Crippen LogP contribution is -2.55. The third kappa shape index (κ3) is 1.50. The molecule has 1 heterocycles. The maximum absolute atomic E-state index is 5.17. The van der Waals surface area contributed by atoms with Crippen LogP contribution in [0, 0.1) is 0 Å². The maximum atomic E-state index is 5.17. The molecule has 1 unspecified atom stereocenters. The van der Waals surface area contributed by atoms with Gasteiger partial charge in [0, 0.05) is 26.2 Å². The van der Waals surface area contributed by atoms with E-state index in [9.17, 15) is 0 Å². The van der Waals surface area contributed by atoms with Crippen LogP contribution in [-0.4, -0.2) is 37.2 Å². The SMILES string of the molecule is CCC(C)N1CC(OC)C1. The summed E-state index contributed by atoms with van der Waals surface area (Å²) in [7, 11) is 1.79. The molecular formula is C8H17NO. The van der Waals surface area contributed by atoms with Crippen LogP contribution in [0.25, 0.3) is 0 Å². The second kappa shape index (κ2) is 3.35. The van der Waals surface area contributed by atoms with Crippen LogP contribution in [0.4, 0.5) is 0 Å². The molecule has 0 aromatic carbocycles.